The number of nitrogens with one attached hydrogen (secondary N) is 2. The van der Waals surface area contributed by atoms with Crippen molar-refractivity contribution >= 4 is 32.6 Å². The van der Waals surface area contributed by atoms with Crippen molar-refractivity contribution < 1.29 is 4.79 Å². The van der Waals surface area contributed by atoms with Crippen molar-refractivity contribution in [1.82, 2.24) is 19.8 Å². The second-order valence-electron chi connectivity index (χ2n) is 8.54. The summed E-state index contributed by atoms with van der Waals surface area (Å²) < 4.78 is 1.84. The van der Waals surface area contributed by atoms with Gasteiger partial charge in [0.1, 0.15) is 15.7 Å². The number of aryl methyl sites for hydroxylation is 2. The average molecular weight is 434 g/mol. The van der Waals surface area contributed by atoms with Crippen molar-refractivity contribution in [3.63, 3.8) is 0 Å². The van der Waals surface area contributed by atoms with Crippen LogP contribution in [0.2, 0.25) is 0 Å². The van der Waals surface area contributed by atoms with Gasteiger partial charge in [0.15, 0.2) is 0 Å². The maximum absolute atomic E-state index is 13.1. The van der Waals surface area contributed by atoms with Crippen LogP contribution in [0.1, 0.15) is 57.3 Å². The molecule has 2 aromatic heterocycles. The predicted octanol–water partition coefficient (Wildman–Crippen LogP) is 3.98. The minimum Gasteiger partial charge on any atom is -0.338 e. The van der Waals surface area contributed by atoms with Crippen LogP contribution in [0.3, 0.4) is 0 Å². The molecule has 3 heterocycles. The van der Waals surface area contributed by atoms with Gasteiger partial charge in [0.25, 0.3) is 5.56 Å². The Morgan fingerprint density at radius 3 is 2.83 bits per heavy atom. The molecule has 0 saturated carbocycles. The van der Waals surface area contributed by atoms with E-state index in [0.717, 1.165) is 61.5 Å². The highest BCUT2D eigenvalue weighted by Crippen LogP contribution is 2.32. The standard InChI is InChI=1S/C22H35N5O2S/c1-5-6-12-26(4)13-7-11-23-22(29)25-19-16(3)18-20(30-19)24-17-9-8-15(2)10-14-27(17)21(18)28/h15H,5-14H2,1-4H3,(H2,23,25,29). The Morgan fingerprint density at radius 2 is 2.07 bits per heavy atom. The lowest BCUT2D eigenvalue weighted by atomic mass is 10.0. The molecule has 0 bridgehead atoms. The van der Waals surface area contributed by atoms with Gasteiger partial charge in [-0.25, -0.2) is 9.78 Å². The molecule has 3 rings (SSSR count). The Hall–Kier alpha value is -1.93. The Balaban J connectivity index is 1.63. The third-order valence-corrected chi connectivity index (χ3v) is 7.06. The van der Waals surface area contributed by atoms with Gasteiger partial charge in [-0.15, -0.1) is 0 Å². The summed E-state index contributed by atoms with van der Waals surface area (Å²) in [6.45, 7) is 9.73. The van der Waals surface area contributed by atoms with E-state index in [0.29, 0.717) is 22.8 Å². The van der Waals surface area contributed by atoms with Crippen molar-refractivity contribution in [2.45, 2.75) is 65.8 Å². The Labute approximate surface area is 182 Å². The summed E-state index contributed by atoms with van der Waals surface area (Å²) in [6.07, 6.45) is 6.20. The second-order valence-corrected chi connectivity index (χ2v) is 9.54. The lowest BCUT2D eigenvalue weighted by Gasteiger charge is -2.16. The SMILES string of the molecule is CCCCN(C)CCCNC(=O)Nc1sc2nc3n(c(=O)c2c1C)CCC(C)CC3. The van der Waals surface area contributed by atoms with E-state index >= 15 is 0 Å². The van der Waals surface area contributed by atoms with Crippen LogP contribution in [0.5, 0.6) is 0 Å². The summed E-state index contributed by atoms with van der Waals surface area (Å²) in [5.41, 5.74) is 0.843. The maximum Gasteiger partial charge on any atom is 0.319 e. The summed E-state index contributed by atoms with van der Waals surface area (Å²) in [6, 6.07) is -0.226. The number of amides is 2. The molecule has 0 aromatic carbocycles. The van der Waals surface area contributed by atoms with E-state index < -0.39 is 0 Å². The van der Waals surface area contributed by atoms with Crippen molar-refractivity contribution in [2.75, 3.05) is 32.0 Å². The average Bonchev–Trinajstić information content (AvgIpc) is 2.89. The minimum atomic E-state index is -0.226. The van der Waals surface area contributed by atoms with E-state index in [1.54, 1.807) is 0 Å². The van der Waals surface area contributed by atoms with Crippen LogP contribution in [-0.2, 0) is 13.0 Å². The molecule has 166 valence electrons. The molecular weight excluding hydrogens is 398 g/mol. The number of nitrogens with zero attached hydrogens (tertiary/aromatic N) is 3. The molecule has 1 unspecified atom stereocenters. The topological polar surface area (TPSA) is 79.3 Å². The van der Waals surface area contributed by atoms with E-state index in [1.165, 1.54) is 24.2 Å². The zero-order valence-electron chi connectivity index (χ0n) is 18.7. The second kappa shape index (κ2) is 10.4. The number of fused-ring (bicyclic) bond motifs is 2. The first-order chi connectivity index (χ1) is 14.4. The first kappa shape index (κ1) is 22.7. The molecule has 2 amide bonds. The number of thiophene rings is 1. The van der Waals surface area contributed by atoms with E-state index in [-0.39, 0.29) is 11.6 Å². The Kier molecular flexibility index (Phi) is 7.88. The van der Waals surface area contributed by atoms with Crippen LogP contribution in [0.4, 0.5) is 9.80 Å². The molecule has 0 fully saturated rings. The van der Waals surface area contributed by atoms with Gasteiger partial charge in [-0.1, -0.05) is 31.6 Å². The number of carbonyl (C=O) groups is 1. The van der Waals surface area contributed by atoms with Crippen LogP contribution in [0.25, 0.3) is 10.2 Å². The fourth-order valence-corrected chi connectivity index (χ4v) is 4.99. The molecule has 0 radical (unpaired) electrons. The quantitative estimate of drug-likeness (QED) is 0.617. The normalized spacial score (nSPS) is 16.5. The molecule has 2 N–H and O–H groups in total. The third-order valence-electron chi connectivity index (χ3n) is 5.96. The van der Waals surface area contributed by atoms with Crippen molar-refractivity contribution in [1.29, 1.82) is 0 Å². The number of hydrogen-bond donors (Lipinski definition) is 2. The number of aromatic nitrogens is 2. The van der Waals surface area contributed by atoms with E-state index in [2.05, 4.69) is 36.4 Å². The van der Waals surface area contributed by atoms with Crippen LogP contribution in [0.15, 0.2) is 4.79 Å². The summed E-state index contributed by atoms with van der Waals surface area (Å²) >= 11 is 1.40. The highest BCUT2D eigenvalue weighted by molar-refractivity contribution is 7.22. The fourth-order valence-electron chi connectivity index (χ4n) is 3.91. The highest BCUT2D eigenvalue weighted by Gasteiger charge is 2.21. The molecule has 7 nitrogen and oxygen atoms in total. The molecule has 8 heteroatoms. The molecule has 30 heavy (non-hydrogen) atoms. The van der Waals surface area contributed by atoms with E-state index in [9.17, 15) is 9.59 Å². The van der Waals surface area contributed by atoms with Crippen LogP contribution in [-0.4, -0.2) is 47.2 Å². The first-order valence-electron chi connectivity index (χ1n) is 11.2. The van der Waals surface area contributed by atoms with Crippen molar-refractivity contribution in [3.05, 3.63) is 21.7 Å². The summed E-state index contributed by atoms with van der Waals surface area (Å²) in [4.78, 5) is 33.3. The zero-order chi connectivity index (χ0) is 21.7. The molecule has 2 aromatic rings. The van der Waals surface area contributed by atoms with Gasteiger partial charge in [0.2, 0.25) is 0 Å². The molecule has 1 aliphatic heterocycles. The van der Waals surface area contributed by atoms with Gasteiger partial charge in [-0.2, -0.15) is 0 Å². The van der Waals surface area contributed by atoms with Crippen LogP contribution in [0, 0.1) is 12.8 Å². The Bertz CT molecular complexity index is 936. The van der Waals surface area contributed by atoms with Crippen LogP contribution < -0.4 is 16.2 Å². The number of hydrogen-bond acceptors (Lipinski definition) is 5. The molecule has 0 saturated heterocycles. The Morgan fingerprint density at radius 1 is 1.30 bits per heavy atom. The molecule has 0 spiro atoms. The van der Waals surface area contributed by atoms with Crippen molar-refractivity contribution in [3.8, 4) is 0 Å². The van der Waals surface area contributed by atoms with Gasteiger partial charge in [0.05, 0.1) is 5.39 Å². The maximum atomic E-state index is 13.1. The number of anilines is 1. The van der Waals surface area contributed by atoms with Gasteiger partial charge < -0.3 is 10.2 Å². The predicted molar refractivity (Wildman–Crippen MR) is 125 cm³/mol. The van der Waals surface area contributed by atoms with Gasteiger partial charge in [-0.3, -0.25) is 14.7 Å². The van der Waals surface area contributed by atoms with Gasteiger partial charge >= 0.3 is 6.03 Å². The number of carbonyl (C=O) groups excluding carboxylic acids is 1. The molecular formula is C22H35N5O2S. The third kappa shape index (κ3) is 5.40. The number of rotatable bonds is 8. The van der Waals surface area contributed by atoms with E-state index in [4.69, 9.17) is 4.98 Å². The lowest BCUT2D eigenvalue weighted by Crippen LogP contribution is -2.31. The van der Waals surface area contributed by atoms with E-state index in [1.807, 2.05) is 11.5 Å². The van der Waals surface area contributed by atoms with Gasteiger partial charge in [-0.05, 0) is 64.2 Å². The summed E-state index contributed by atoms with van der Waals surface area (Å²) in [7, 11) is 2.12. The monoisotopic (exact) mass is 433 g/mol. The highest BCUT2D eigenvalue weighted by atomic mass is 32.1. The lowest BCUT2D eigenvalue weighted by molar-refractivity contribution is 0.251. The molecule has 0 aliphatic carbocycles. The fraction of sp³-hybridized carbons (Fsp3) is 0.682. The number of unbranched alkanes of at least 4 members (excludes halogenated alkanes) is 1. The van der Waals surface area contributed by atoms with Gasteiger partial charge in [0, 0.05) is 19.5 Å². The minimum absolute atomic E-state index is 0.0291. The summed E-state index contributed by atoms with van der Waals surface area (Å²) in [5.74, 6) is 1.49. The zero-order valence-corrected chi connectivity index (χ0v) is 19.5. The molecule has 1 atom stereocenters. The smallest absolute Gasteiger partial charge is 0.319 e. The first-order valence-corrected chi connectivity index (χ1v) is 12.0. The largest absolute Gasteiger partial charge is 0.338 e. The van der Waals surface area contributed by atoms with Crippen LogP contribution >= 0.6 is 11.3 Å². The summed E-state index contributed by atoms with van der Waals surface area (Å²) in [5, 5.41) is 7.20. The number of urea groups is 1. The molecule has 1 aliphatic rings. The van der Waals surface area contributed by atoms with Crippen molar-refractivity contribution in [2.24, 2.45) is 5.92 Å².